The molecule has 0 aromatic heterocycles. The van der Waals surface area contributed by atoms with Crippen molar-refractivity contribution in [1.82, 2.24) is 4.90 Å². The van der Waals surface area contributed by atoms with Gasteiger partial charge in [0, 0.05) is 50.7 Å². The van der Waals surface area contributed by atoms with Gasteiger partial charge in [-0.1, -0.05) is 36.2 Å². The predicted octanol–water partition coefficient (Wildman–Crippen LogP) is 8.12. The number of carbonyl (C=O) groups is 2. The van der Waals surface area contributed by atoms with E-state index < -0.39 is 36.2 Å². The van der Waals surface area contributed by atoms with Gasteiger partial charge in [-0.15, -0.1) is 13.2 Å². The molecule has 7 atom stereocenters. The van der Waals surface area contributed by atoms with Gasteiger partial charge in [0.25, 0.3) is 0 Å². The van der Waals surface area contributed by atoms with E-state index in [1.54, 1.807) is 56.6 Å². The van der Waals surface area contributed by atoms with Gasteiger partial charge in [0.1, 0.15) is 29.0 Å². The molecule has 2 heterocycles. The number of fused-ring (bicyclic) bond motifs is 2. The minimum Gasteiger partial charge on any atom is -0.497 e. The van der Waals surface area contributed by atoms with E-state index in [4.69, 9.17) is 43.2 Å². The number of amides is 2. The summed E-state index contributed by atoms with van der Waals surface area (Å²) >= 11 is 0. The number of oxime groups is 1. The number of unbranched alkanes of at least 4 members (excludes halogenated alkanes) is 2. The molecular weight excluding hydrogens is 799 g/mol. The van der Waals surface area contributed by atoms with Crippen molar-refractivity contribution in [3.63, 3.8) is 0 Å². The fourth-order valence-electron chi connectivity index (χ4n) is 9.31. The molecule has 6 rings (SSSR count). The van der Waals surface area contributed by atoms with Crippen molar-refractivity contribution >= 4 is 23.6 Å². The van der Waals surface area contributed by atoms with Crippen molar-refractivity contribution in [2.45, 2.75) is 94.7 Å². The molecule has 2 aromatic rings. The van der Waals surface area contributed by atoms with Crippen LogP contribution in [0.15, 0.2) is 78.5 Å². The second-order valence-electron chi connectivity index (χ2n) is 16.1. The Kier molecular flexibility index (Phi) is 16.7. The number of hydrogen-bond acceptors (Lipinski definition) is 13. The van der Waals surface area contributed by atoms with Crippen molar-refractivity contribution in [3.05, 3.63) is 78.9 Å². The van der Waals surface area contributed by atoms with Crippen LogP contribution in [0.5, 0.6) is 23.0 Å². The minimum atomic E-state index is -1.47. The summed E-state index contributed by atoms with van der Waals surface area (Å²) in [7, 11) is 4.72. The van der Waals surface area contributed by atoms with Gasteiger partial charge in [-0.05, 0) is 92.7 Å². The molecule has 2 aliphatic carbocycles. The number of likely N-dealkylation sites (N-methyl/N-ethyl adjacent to an activating group) is 1. The van der Waals surface area contributed by atoms with E-state index in [9.17, 15) is 19.8 Å². The molecule has 1 saturated carbocycles. The number of rotatable bonds is 21. The van der Waals surface area contributed by atoms with Crippen LogP contribution in [0.1, 0.15) is 82.1 Å². The van der Waals surface area contributed by atoms with E-state index in [-0.39, 0.29) is 56.4 Å². The molecule has 15 nitrogen and oxygen atoms in total. The fourth-order valence-corrected chi connectivity index (χ4v) is 9.31. The Morgan fingerprint density at radius 1 is 1.00 bits per heavy atom. The highest BCUT2D eigenvalue weighted by Gasteiger charge is 2.65. The lowest BCUT2D eigenvalue weighted by molar-refractivity contribution is -0.254. The standard InChI is InChI=1S/C47H63N3O12/c1-6-8-25-58-46(54)50(3)41-30-38(49-62-42-17-11-14-26-57-42)35-27-31(15-9-12-22-51)34(16-10-13-23-52)43-36-28-33(19-21-39(36)61-47(41,44(35)43)59-24-7-2)60-45(53)48-37-20-18-32(55-4)29-40(37)56-5/h6-7,18-21,27-29,31,34,41-44,51-52H,1-2,8-17,22-26,30H2,3-5H3,(H,48,53). The zero-order chi connectivity index (χ0) is 44.1. The van der Waals surface area contributed by atoms with Gasteiger partial charge in [0.05, 0.1) is 51.4 Å². The Balaban J connectivity index is 1.49. The maximum Gasteiger partial charge on any atom is 0.417 e. The van der Waals surface area contributed by atoms with Crippen LogP contribution in [0.25, 0.3) is 0 Å². The van der Waals surface area contributed by atoms with Gasteiger partial charge in [-0.3, -0.25) is 5.32 Å². The van der Waals surface area contributed by atoms with E-state index in [2.05, 4.69) is 24.6 Å². The van der Waals surface area contributed by atoms with Crippen LogP contribution < -0.4 is 24.3 Å². The first-order valence-corrected chi connectivity index (χ1v) is 21.8. The van der Waals surface area contributed by atoms with E-state index in [1.807, 2.05) is 6.07 Å². The molecule has 0 radical (unpaired) electrons. The van der Waals surface area contributed by atoms with Gasteiger partial charge in [0.2, 0.25) is 12.1 Å². The molecule has 2 fully saturated rings. The third-order valence-corrected chi connectivity index (χ3v) is 12.2. The van der Waals surface area contributed by atoms with Crippen molar-refractivity contribution in [1.29, 1.82) is 0 Å². The molecule has 0 spiro atoms. The maximum atomic E-state index is 13.9. The number of nitrogens with zero attached hydrogens (tertiary/aromatic N) is 2. The lowest BCUT2D eigenvalue weighted by Gasteiger charge is -2.59. The van der Waals surface area contributed by atoms with Crippen molar-refractivity contribution in [2.75, 3.05) is 59.6 Å². The van der Waals surface area contributed by atoms with Gasteiger partial charge in [0.15, 0.2) is 0 Å². The summed E-state index contributed by atoms with van der Waals surface area (Å²) in [5.74, 6) is -0.655. The summed E-state index contributed by atoms with van der Waals surface area (Å²) in [5.41, 5.74) is 2.69. The van der Waals surface area contributed by atoms with Gasteiger partial charge in [-0.2, -0.15) is 0 Å². The van der Waals surface area contributed by atoms with Crippen LogP contribution in [0.4, 0.5) is 15.3 Å². The van der Waals surface area contributed by atoms with Crippen LogP contribution in [0, 0.1) is 17.8 Å². The highest BCUT2D eigenvalue weighted by molar-refractivity contribution is 6.03. The van der Waals surface area contributed by atoms with Crippen molar-refractivity contribution in [2.24, 2.45) is 22.9 Å². The second kappa shape index (κ2) is 22.3. The van der Waals surface area contributed by atoms with E-state index >= 15 is 0 Å². The number of benzene rings is 2. The number of methoxy groups -OCH3 is 2. The normalized spacial score (nSPS) is 25.5. The lowest BCUT2D eigenvalue weighted by atomic mass is 9.55. The van der Waals surface area contributed by atoms with Gasteiger partial charge < -0.3 is 53.1 Å². The number of anilines is 1. The monoisotopic (exact) mass is 861 g/mol. The largest absolute Gasteiger partial charge is 0.497 e. The van der Waals surface area contributed by atoms with Gasteiger partial charge >= 0.3 is 12.2 Å². The highest BCUT2D eigenvalue weighted by atomic mass is 16.8. The molecule has 7 unspecified atom stereocenters. The average Bonchev–Trinajstić information content (AvgIpc) is 3.29. The summed E-state index contributed by atoms with van der Waals surface area (Å²) in [5, 5.41) is 27.4. The molecule has 2 aromatic carbocycles. The van der Waals surface area contributed by atoms with E-state index in [0.717, 1.165) is 49.7 Å². The SMILES string of the molecule is C=CCCOC(=O)N(C)C1CC(=NOC2CCCCO2)C2=CC(CCCCO)C(CCCCO)C3c4cc(OC(=O)Nc5ccc(OC)cc5OC)ccc4OC1(OCC=C)C23. The molecule has 15 heteroatoms. The van der Waals surface area contributed by atoms with Crippen LogP contribution in [0.2, 0.25) is 0 Å². The van der Waals surface area contributed by atoms with Crippen LogP contribution in [-0.2, 0) is 19.0 Å². The Labute approximate surface area is 364 Å². The number of aliphatic hydroxyl groups is 2. The molecular formula is C47H63N3O12. The summed E-state index contributed by atoms with van der Waals surface area (Å²) in [6.45, 7) is 8.69. The summed E-state index contributed by atoms with van der Waals surface area (Å²) in [6.07, 6.45) is 11.4. The number of allylic oxidation sites excluding steroid dienone is 1. The molecule has 338 valence electrons. The lowest BCUT2D eigenvalue weighted by Crippen LogP contribution is -2.69. The second-order valence-corrected chi connectivity index (χ2v) is 16.1. The molecule has 62 heavy (non-hydrogen) atoms. The zero-order valence-corrected chi connectivity index (χ0v) is 36.3. The number of hydrogen-bond donors (Lipinski definition) is 3. The highest BCUT2D eigenvalue weighted by Crippen LogP contribution is 2.62. The molecule has 4 aliphatic rings. The number of ether oxygens (including phenoxy) is 7. The van der Waals surface area contributed by atoms with E-state index in [0.29, 0.717) is 60.9 Å². The number of nitrogens with one attached hydrogen (secondary N) is 1. The topological polar surface area (TPSA) is 176 Å². The smallest absolute Gasteiger partial charge is 0.417 e. The summed E-state index contributed by atoms with van der Waals surface area (Å²) < 4.78 is 42.5. The molecule has 2 amide bonds. The first-order valence-electron chi connectivity index (χ1n) is 21.8. The predicted molar refractivity (Wildman–Crippen MR) is 233 cm³/mol. The average molecular weight is 862 g/mol. The Morgan fingerprint density at radius 3 is 2.50 bits per heavy atom. The first-order chi connectivity index (χ1) is 30.2. The zero-order valence-electron chi connectivity index (χ0n) is 36.3. The maximum absolute atomic E-state index is 13.9. The minimum absolute atomic E-state index is 0.00392. The quantitative estimate of drug-likeness (QED) is 0.0626. The summed E-state index contributed by atoms with van der Waals surface area (Å²) in [6, 6.07) is 9.55. The number of carbonyl (C=O) groups excluding carboxylic acids is 2. The number of aliphatic hydroxyl groups excluding tert-OH is 2. The van der Waals surface area contributed by atoms with Crippen molar-refractivity contribution in [3.8, 4) is 23.0 Å². The van der Waals surface area contributed by atoms with Crippen LogP contribution in [-0.4, -0.2) is 105 Å². The van der Waals surface area contributed by atoms with E-state index in [1.165, 1.54) is 12.0 Å². The van der Waals surface area contributed by atoms with Gasteiger partial charge in [-0.25, -0.2) is 9.59 Å². The molecule has 1 saturated heterocycles. The van der Waals surface area contributed by atoms with Crippen molar-refractivity contribution < 1.29 is 57.8 Å². The van der Waals surface area contributed by atoms with Crippen LogP contribution in [0.3, 0.4) is 0 Å². The molecule has 2 aliphatic heterocycles. The third kappa shape index (κ3) is 10.6. The Morgan fingerprint density at radius 2 is 1.79 bits per heavy atom. The molecule has 0 bridgehead atoms. The fraction of sp³-hybridized carbons (Fsp3) is 0.553. The first kappa shape index (κ1) is 46.4. The Hall–Kier alpha value is -5.09. The Bertz CT molecular complexity index is 1910. The van der Waals surface area contributed by atoms with Crippen LogP contribution >= 0.6 is 0 Å². The molecule has 3 N–H and O–H groups in total. The third-order valence-electron chi connectivity index (χ3n) is 12.2. The summed E-state index contributed by atoms with van der Waals surface area (Å²) in [4.78, 5) is 35.1.